The first-order chi connectivity index (χ1) is 8.78. The van der Waals surface area contributed by atoms with Crippen molar-refractivity contribution in [3.63, 3.8) is 0 Å². The van der Waals surface area contributed by atoms with E-state index in [2.05, 4.69) is 53.9 Å². The molecule has 1 aromatic carbocycles. The van der Waals surface area contributed by atoms with Gasteiger partial charge in [0.15, 0.2) is 0 Å². The predicted octanol–water partition coefficient (Wildman–Crippen LogP) is 2.38. The van der Waals surface area contributed by atoms with Crippen LogP contribution in [0.25, 0.3) is 0 Å². The topological polar surface area (TPSA) is 29.3 Å². The molecule has 0 aromatic heterocycles. The summed E-state index contributed by atoms with van der Waals surface area (Å²) in [6, 6.07) is 10.8. The van der Waals surface area contributed by atoms with Crippen molar-refractivity contribution in [3.8, 4) is 0 Å². The third kappa shape index (κ3) is 4.30. The first-order valence-electron chi connectivity index (χ1n) is 6.91. The molecule has 0 saturated carbocycles. The molecular weight excluding hydrogens is 240 g/mol. The van der Waals surface area contributed by atoms with Gasteiger partial charge in [0.05, 0.1) is 0 Å². The number of nitrogens with two attached hydrogens (primary N) is 1. The molecule has 2 atom stereocenters. The first kappa shape index (κ1) is 13.9. The average molecular weight is 264 g/mol. The SMILES string of the molecule is CCC1CN(CC(N)Cc2ccccc2)CCS1. The van der Waals surface area contributed by atoms with Gasteiger partial charge in [-0.05, 0) is 18.4 Å². The Morgan fingerprint density at radius 3 is 2.89 bits per heavy atom. The average Bonchev–Trinajstić information content (AvgIpc) is 2.40. The van der Waals surface area contributed by atoms with Crippen LogP contribution in [0.4, 0.5) is 0 Å². The molecule has 0 spiro atoms. The number of hydrogen-bond acceptors (Lipinski definition) is 3. The maximum absolute atomic E-state index is 6.27. The summed E-state index contributed by atoms with van der Waals surface area (Å²) < 4.78 is 0. The van der Waals surface area contributed by atoms with Crippen LogP contribution < -0.4 is 5.73 Å². The van der Waals surface area contributed by atoms with E-state index in [0.29, 0.717) is 0 Å². The quantitative estimate of drug-likeness (QED) is 0.885. The van der Waals surface area contributed by atoms with Gasteiger partial charge in [0.2, 0.25) is 0 Å². The summed E-state index contributed by atoms with van der Waals surface area (Å²) in [6.45, 7) is 5.73. The molecular formula is C15H24N2S. The van der Waals surface area contributed by atoms with Crippen LogP contribution in [-0.2, 0) is 6.42 Å². The van der Waals surface area contributed by atoms with Crippen LogP contribution in [0.15, 0.2) is 30.3 Å². The summed E-state index contributed by atoms with van der Waals surface area (Å²) in [5.74, 6) is 1.26. The third-order valence-corrected chi connectivity index (χ3v) is 4.88. The Bertz CT molecular complexity index is 342. The summed E-state index contributed by atoms with van der Waals surface area (Å²) in [5, 5.41) is 0.808. The molecule has 2 unspecified atom stereocenters. The molecule has 1 aromatic rings. The summed E-state index contributed by atoms with van der Waals surface area (Å²) in [6.07, 6.45) is 2.26. The summed E-state index contributed by atoms with van der Waals surface area (Å²) in [5.41, 5.74) is 7.63. The number of hydrogen-bond donors (Lipinski definition) is 1. The molecule has 2 nitrogen and oxygen atoms in total. The maximum atomic E-state index is 6.27. The van der Waals surface area contributed by atoms with Crippen molar-refractivity contribution < 1.29 is 0 Å². The fraction of sp³-hybridized carbons (Fsp3) is 0.600. The van der Waals surface area contributed by atoms with Crippen LogP contribution in [0.2, 0.25) is 0 Å². The minimum absolute atomic E-state index is 0.257. The standard InChI is InChI=1S/C15H24N2S/c1-2-15-12-17(8-9-18-15)11-14(16)10-13-6-4-3-5-7-13/h3-7,14-15H,2,8-12,16H2,1H3. The van der Waals surface area contributed by atoms with Gasteiger partial charge < -0.3 is 5.73 Å². The molecule has 0 radical (unpaired) electrons. The van der Waals surface area contributed by atoms with Crippen molar-refractivity contribution >= 4 is 11.8 Å². The van der Waals surface area contributed by atoms with Gasteiger partial charge in [-0.15, -0.1) is 0 Å². The molecule has 18 heavy (non-hydrogen) atoms. The Balaban J connectivity index is 1.78. The lowest BCUT2D eigenvalue weighted by Gasteiger charge is -2.33. The van der Waals surface area contributed by atoms with Crippen molar-refractivity contribution in [1.82, 2.24) is 4.90 Å². The predicted molar refractivity (Wildman–Crippen MR) is 81.1 cm³/mol. The number of nitrogens with zero attached hydrogens (tertiary/aromatic N) is 1. The van der Waals surface area contributed by atoms with Crippen LogP contribution in [-0.4, -0.2) is 41.6 Å². The van der Waals surface area contributed by atoms with Gasteiger partial charge in [-0.3, -0.25) is 4.90 Å². The van der Waals surface area contributed by atoms with Crippen molar-refractivity contribution in [2.24, 2.45) is 5.73 Å². The number of thioether (sulfide) groups is 1. The van der Waals surface area contributed by atoms with Gasteiger partial charge in [-0.25, -0.2) is 0 Å². The van der Waals surface area contributed by atoms with Gasteiger partial charge in [0.1, 0.15) is 0 Å². The van der Waals surface area contributed by atoms with Gasteiger partial charge in [-0.1, -0.05) is 37.3 Å². The molecule has 0 bridgehead atoms. The fourth-order valence-corrected chi connectivity index (χ4v) is 3.76. The zero-order valence-corrected chi connectivity index (χ0v) is 12.0. The van der Waals surface area contributed by atoms with E-state index in [9.17, 15) is 0 Å². The minimum atomic E-state index is 0.257. The highest BCUT2D eigenvalue weighted by Gasteiger charge is 2.20. The molecule has 2 N–H and O–H groups in total. The highest BCUT2D eigenvalue weighted by Crippen LogP contribution is 2.21. The molecule has 1 aliphatic heterocycles. The van der Waals surface area contributed by atoms with E-state index in [-0.39, 0.29) is 6.04 Å². The summed E-state index contributed by atoms with van der Waals surface area (Å²) >= 11 is 2.12. The molecule has 2 rings (SSSR count). The molecule has 0 amide bonds. The monoisotopic (exact) mass is 264 g/mol. The zero-order valence-electron chi connectivity index (χ0n) is 11.2. The van der Waals surface area contributed by atoms with E-state index in [4.69, 9.17) is 5.73 Å². The van der Waals surface area contributed by atoms with E-state index < -0.39 is 0 Å². The van der Waals surface area contributed by atoms with Crippen LogP contribution >= 0.6 is 11.8 Å². The lowest BCUT2D eigenvalue weighted by molar-refractivity contribution is 0.263. The van der Waals surface area contributed by atoms with E-state index in [1.165, 1.54) is 30.8 Å². The molecule has 100 valence electrons. The second-order valence-corrected chi connectivity index (χ2v) is 6.52. The zero-order chi connectivity index (χ0) is 12.8. The Kier molecular flexibility index (Phi) is 5.54. The first-order valence-corrected chi connectivity index (χ1v) is 7.96. The van der Waals surface area contributed by atoms with Gasteiger partial charge in [0, 0.05) is 36.7 Å². The largest absolute Gasteiger partial charge is 0.326 e. The lowest BCUT2D eigenvalue weighted by Crippen LogP contribution is -2.45. The van der Waals surface area contributed by atoms with Crippen LogP contribution in [0.3, 0.4) is 0 Å². The lowest BCUT2D eigenvalue weighted by atomic mass is 10.1. The van der Waals surface area contributed by atoms with Crippen molar-refractivity contribution in [2.75, 3.05) is 25.4 Å². The number of benzene rings is 1. The number of rotatable bonds is 5. The van der Waals surface area contributed by atoms with Gasteiger partial charge in [0.25, 0.3) is 0 Å². The molecule has 0 aliphatic carbocycles. The second kappa shape index (κ2) is 7.17. The van der Waals surface area contributed by atoms with Crippen molar-refractivity contribution in [1.29, 1.82) is 0 Å². The van der Waals surface area contributed by atoms with E-state index >= 15 is 0 Å². The highest BCUT2D eigenvalue weighted by atomic mass is 32.2. The smallest absolute Gasteiger partial charge is 0.0208 e. The van der Waals surface area contributed by atoms with Crippen LogP contribution in [0.1, 0.15) is 18.9 Å². The summed E-state index contributed by atoms with van der Waals surface area (Å²) in [7, 11) is 0. The van der Waals surface area contributed by atoms with Crippen molar-refractivity contribution in [2.45, 2.75) is 31.1 Å². The Morgan fingerprint density at radius 2 is 2.17 bits per heavy atom. The van der Waals surface area contributed by atoms with Gasteiger partial charge >= 0.3 is 0 Å². The Morgan fingerprint density at radius 1 is 1.39 bits per heavy atom. The molecule has 1 fully saturated rings. The molecule has 3 heteroatoms. The van der Waals surface area contributed by atoms with E-state index in [1.807, 2.05) is 0 Å². The summed E-state index contributed by atoms with van der Waals surface area (Å²) in [4.78, 5) is 2.54. The molecule has 1 saturated heterocycles. The van der Waals surface area contributed by atoms with Crippen LogP contribution in [0, 0.1) is 0 Å². The minimum Gasteiger partial charge on any atom is -0.326 e. The normalized spacial score (nSPS) is 22.9. The maximum Gasteiger partial charge on any atom is 0.0208 e. The van der Waals surface area contributed by atoms with Crippen molar-refractivity contribution in [3.05, 3.63) is 35.9 Å². The van der Waals surface area contributed by atoms with Gasteiger partial charge in [-0.2, -0.15) is 11.8 Å². The molecule has 1 heterocycles. The van der Waals surface area contributed by atoms with E-state index in [0.717, 1.165) is 18.2 Å². The fourth-order valence-electron chi connectivity index (χ4n) is 2.51. The Labute approximate surface area is 115 Å². The highest BCUT2D eigenvalue weighted by molar-refractivity contribution is 8.00. The second-order valence-electron chi connectivity index (χ2n) is 5.11. The van der Waals surface area contributed by atoms with Crippen LogP contribution in [0.5, 0.6) is 0 Å². The molecule has 1 aliphatic rings. The Hall–Kier alpha value is -0.510. The van der Waals surface area contributed by atoms with E-state index in [1.54, 1.807) is 0 Å². The third-order valence-electron chi connectivity index (χ3n) is 3.51.